The fraction of sp³-hybridized carbons (Fsp3) is 0.154. The van der Waals surface area contributed by atoms with Crippen LogP contribution in [0.3, 0.4) is 0 Å². The molecule has 3 aromatic carbocycles. The quantitative estimate of drug-likeness (QED) is 0.191. The predicted octanol–water partition coefficient (Wildman–Crippen LogP) is 6.38. The Morgan fingerprint density at radius 2 is 1.83 bits per heavy atom. The van der Waals surface area contributed by atoms with Gasteiger partial charge in [0.2, 0.25) is 0 Å². The highest BCUT2D eigenvalue weighted by atomic mass is 35.5. The topological polar surface area (TPSA) is 99.0 Å². The van der Waals surface area contributed by atoms with Crippen LogP contribution in [0, 0.1) is 17.0 Å². The fourth-order valence-electron chi connectivity index (χ4n) is 3.54. The van der Waals surface area contributed by atoms with Crippen LogP contribution >= 0.6 is 23.4 Å². The number of hydrogen-bond acceptors (Lipinski definition) is 7. The van der Waals surface area contributed by atoms with Crippen LogP contribution in [0.2, 0.25) is 5.02 Å². The Labute approximate surface area is 216 Å². The first kappa shape index (κ1) is 25.3. The van der Waals surface area contributed by atoms with E-state index in [-0.39, 0.29) is 45.7 Å². The van der Waals surface area contributed by atoms with Crippen molar-refractivity contribution < 1.29 is 24.0 Å². The summed E-state index contributed by atoms with van der Waals surface area (Å²) in [7, 11) is 1.45. The number of methoxy groups -OCH3 is 1. The summed E-state index contributed by atoms with van der Waals surface area (Å²) in [5, 5.41) is 10.9. The second-order valence-electron chi connectivity index (χ2n) is 8.00. The third-order valence-electron chi connectivity index (χ3n) is 5.39. The largest absolute Gasteiger partial charge is 0.493 e. The summed E-state index contributed by atoms with van der Waals surface area (Å²) in [5.74, 6) is 0.194. The van der Waals surface area contributed by atoms with Gasteiger partial charge >= 0.3 is 0 Å². The molecule has 1 fully saturated rings. The molecule has 184 valence electrons. The maximum absolute atomic E-state index is 12.9. The molecule has 0 atom stereocenters. The zero-order valence-electron chi connectivity index (χ0n) is 19.4. The van der Waals surface area contributed by atoms with Crippen molar-refractivity contribution in [3.63, 3.8) is 0 Å². The van der Waals surface area contributed by atoms with Crippen LogP contribution in [0.5, 0.6) is 11.5 Å². The number of imide groups is 1. The number of amides is 2. The molecule has 0 unspecified atom stereocenters. The summed E-state index contributed by atoms with van der Waals surface area (Å²) in [6.07, 6.45) is 1.58. The number of benzene rings is 3. The van der Waals surface area contributed by atoms with Gasteiger partial charge in [0.05, 0.1) is 28.5 Å². The van der Waals surface area contributed by atoms with Gasteiger partial charge < -0.3 is 9.47 Å². The zero-order valence-corrected chi connectivity index (χ0v) is 21.0. The molecule has 0 spiro atoms. The van der Waals surface area contributed by atoms with Crippen LogP contribution in [0.1, 0.15) is 22.3 Å². The Hall–Kier alpha value is -3.82. The SMILES string of the molecule is COc1cc(/C=C2\SC(=O)N(Cc3ccc(C)cc3)C2=O)cc(Cl)c1OCc1cccc([N+](=O)[O-])c1. The van der Waals surface area contributed by atoms with Crippen molar-refractivity contribution in [1.82, 2.24) is 4.90 Å². The number of hydrogen-bond donors (Lipinski definition) is 0. The van der Waals surface area contributed by atoms with Gasteiger partial charge in [-0.1, -0.05) is 53.6 Å². The van der Waals surface area contributed by atoms with Gasteiger partial charge in [-0.3, -0.25) is 24.6 Å². The molecule has 4 rings (SSSR count). The standard InChI is InChI=1S/C26H21ClN2O6S/c1-16-6-8-17(9-7-16)14-28-25(30)23(36-26(28)31)13-19-11-21(27)24(22(12-19)34-2)35-15-18-4-3-5-20(10-18)29(32)33/h3-13H,14-15H2,1-2H3/b23-13-. The smallest absolute Gasteiger partial charge is 0.293 e. The average Bonchev–Trinajstić information content (AvgIpc) is 3.11. The number of non-ortho nitro benzene ring substituents is 1. The van der Waals surface area contributed by atoms with E-state index < -0.39 is 4.92 Å². The molecule has 36 heavy (non-hydrogen) atoms. The molecular formula is C26H21ClN2O6S. The maximum atomic E-state index is 12.9. The van der Waals surface area contributed by atoms with Crippen molar-refractivity contribution >= 4 is 46.3 Å². The van der Waals surface area contributed by atoms with Gasteiger partial charge in [0, 0.05) is 12.1 Å². The first-order valence-electron chi connectivity index (χ1n) is 10.8. The molecule has 0 saturated carbocycles. The lowest BCUT2D eigenvalue weighted by Crippen LogP contribution is -2.27. The average molecular weight is 525 g/mol. The number of thioether (sulfide) groups is 1. The highest BCUT2D eigenvalue weighted by Crippen LogP contribution is 2.39. The predicted molar refractivity (Wildman–Crippen MR) is 138 cm³/mol. The molecule has 8 nitrogen and oxygen atoms in total. The maximum Gasteiger partial charge on any atom is 0.293 e. The Balaban J connectivity index is 1.52. The zero-order chi connectivity index (χ0) is 25.8. The minimum Gasteiger partial charge on any atom is -0.493 e. The molecule has 1 heterocycles. The van der Waals surface area contributed by atoms with Gasteiger partial charge in [0.1, 0.15) is 6.61 Å². The number of rotatable bonds is 8. The van der Waals surface area contributed by atoms with E-state index in [0.29, 0.717) is 16.9 Å². The monoisotopic (exact) mass is 524 g/mol. The van der Waals surface area contributed by atoms with E-state index in [0.717, 1.165) is 22.9 Å². The first-order chi connectivity index (χ1) is 17.2. The third kappa shape index (κ3) is 5.69. The van der Waals surface area contributed by atoms with Crippen LogP contribution in [-0.2, 0) is 17.9 Å². The van der Waals surface area contributed by atoms with Crippen LogP contribution in [0.15, 0.2) is 65.6 Å². The lowest BCUT2D eigenvalue weighted by atomic mass is 10.1. The minimum absolute atomic E-state index is 0.0367. The van der Waals surface area contributed by atoms with Gasteiger partial charge in [0.15, 0.2) is 11.5 Å². The van der Waals surface area contributed by atoms with E-state index in [2.05, 4.69) is 0 Å². The number of carbonyl (C=O) groups is 2. The van der Waals surface area contributed by atoms with E-state index in [1.165, 1.54) is 24.1 Å². The molecule has 3 aromatic rings. The molecule has 0 N–H and O–H groups in total. The number of aryl methyl sites for hydroxylation is 1. The molecule has 1 aliphatic rings. The van der Waals surface area contributed by atoms with Gasteiger partial charge in [-0.25, -0.2) is 0 Å². The lowest BCUT2D eigenvalue weighted by molar-refractivity contribution is -0.384. The van der Waals surface area contributed by atoms with E-state index in [1.54, 1.807) is 30.3 Å². The van der Waals surface area contributed by atoms with Gasteiger partial charge in [0.25, 0.3) is 16.8 Å². The minimum atomic E-state index is -0.478. The summed E-state index contributed by atoms with van der Waals surface area (Å²) < 4.78 is 11.2. The van der Waals surface area contributed by atoms with E-state index in [1.807, 2.05) is 31.2 Å². The number of nitrogens with zero attached hydrogens (tertiary/aromatic N) is 2. The molecule has 2 amide bonds. The lowest BCUT2D eigenvalue weighted by Gasteiger charge is -2.14. The Morgan fingerprint density at radius 1 is 1.08 bits per heavy atom. The van der Waals surface area contributed by atoms with Crippen molar-refractivity contribution in [2.45, 2.75) is 20.1 Å². The van der Waals surface area contributed by atoms with Crippen molar-refractivity contribution in [3.8, 4) is 11.5 Å². The molecule has 0 aliphatic carbocycles. The molecule has 1 saturated heterocycles. The first-order valence-corrected chi connectivity index (χ1v) is 12.0. The summed E-state index contributed by atoms with van der Waals surface area (Å²) in [5.41, 5.74) is 3.06. The van der Waals surface area contributed by atoms with E-state index in [4.69, 9.17) is 21.1 Å². The molecule has 1 aliphatic heterocycles. The Bertz CT molecular complexity index is 1370. The van der Waals surface area contributed by atoms with Gasteiger partial charge in [-0.05, 0) is 53.6 Å². The number of ether oxygens (including phenoxy) is 2. The second-order valence-corrected chi connectivity index (χ2v) is 9.40. The van der Waals surface area contributed by atoms with Crippen molar-refractivity contribution in [1.29, 1.82) is 0 Å². The fourth-order valence-corrected chi connectivity index (χ4v) is 4.65. The van der Waals surface area contributed by atoms with E-state index in [9.17, 15) is 19.7 Å². The van der Waals surface area contributed by atoms with Crippen LogP contribution < -0.4 is 9.47 Å². The number of nitro benzene ring substituents is 1. The summed E-state index contributed by atoms with van der Waals surface area (Å²) in [6.45, 7) is 2.20. The van der Waals surface area contributed by atoms with Crippen LogP contribution in [-0.4, -0.2) is 28.1 Å². The third-order valence-corrected chi connectivity index (χ3v) is 6.58. The van der Waals surface area contributed by atoms with Crippen molar-refractivity contribution in [2.75, 3.05) is 7.11 Å². The molecular weight excluding hydrogens is 504 g/mol. The Morgan fingerprint density at radius 3 is 2.53 bits per heavy atom. The van der Waals surface area contributed by atoms with Crippen LogP contribution in [0.4, 0.5) is 10.5 Å². The summed E-state index contributed by atoms with van der Waals surface area (Å²) in [6, 6.07) is 17.0. The normalized spacial score (nSPS) is 14.4. The van der Waals surface area contributed by atoms with Gasteiger partial charge in [-0.15, -0.1) is 0 Å². The molecule has 0 aromatic heterocycles. The second kappa shape index (κ2) is 10.8. The highest BCUT2D eigenvalue weighted by molar-refractivity contribution is 8.18. The molecule has 10 heteroatoms. The van der Waals surface area contributed by atoms with Gasteiger partial charge in [-0.2, -0.15) is 0 Å². The number of halogens is 1. The number of carbonyl (C=O) groups excluding carboxylic acids is 2. The van der Waals surface area contributed by atoms with E-state index >= 15 is 0 Å². The molecule has 0 bridgehead atoms. The highest BCUT2D eigenvalue weighted by Gasteiger charge is 2.35. The summed E-state index contributed by atoms with van der Waals surface area (Å²) >= 11 is 7.31. The van der Waals surface area contributed by atoms with Crippen LogP contribution in [0.25, 0.3) is 6.08 Å². The number of nitro groups is 1. The Kier molecular flexibility index (Phi) is 7.61. The van der Waals surface area contributed by atoms with Crippen molar-refractivity contribution in [3.05, 3.63) is 103 Å². The molecule has 0 radical (unpaired) electrons. The summed E-state index contributed by atoms with van der Waals surface area (Å²) in [4.78, 5) is 37.4. The van der Waals surface area contributed by atoms with Crippen molar-refractivity contribution in [2.24, 2.45) is 0 Å².